The second-order valence-corrected chi connectivity index (χ2v) is 3.34. The van der Waals surface area contributed by atoms with Gasteiger partial charge in [-0.25, -0.2) is 0 Å². The second-order valence-electron chi connectivity index (χ2n) is 3.34. The van der Waals surface area contributed by atoms with Gasteiger partial charge in [0.05, 0.1) is 6.04 Å². The lowest BCUT2D eigenvalue weighted by Gasteiger charge is -2.25. The van der Waals surface area contributed by atoms with E-state index >= 15 is 0 Å². The maximum Gasteiger partial charge on any atom is 0.223 e. The summed E-state index contributed by atoms with van der Waals surface area (Å²) >= 11 is 0. The molecule has 3 nitrogen and oxygen atoms in total. The van der Waals surface area contributed by atoms with Gasteiger partial charge in [0, 0.05) is 18.7 Å². The normalized spacial score (nSPS) is 11.9. The largest absolute Gasteiger partial charge is 0.508 e. The number of benzene rings is 1. The number of aromatic hydroxyl groups is 1. The number of para-hydroxylation sites is 1. The highest BCUT2D eigenvalue weighted by molar-refractivity contribution is 5.75. The first kappa shape index (κ1) is 11.3. The van der Waals surface area contributed by atoms with Crippen molar-refractivity contribution in [1.29, 1.82) is 0 Å². The SMILES string of the molecule is C=CN(C(C)=O)C(C)c1ccccc1O. The van der Waals surface area contributed by atoms with Gasteiger partial charge in [0.15, 0.2) is 0 Å². The van der Waals surface area contributed by atoms with Crippen molar-refractivity contribution in [1.82, 2.24) is 4.90 Å². The number of carbonyl (C=O) groups excluding carboxylic acids is 1. The summed E-state index contributed by atoms with van der Waals surface area (Å²) in [4.78, 5) is 12.8. The van der Waals surface area contributed by atoms with E-state index in [9.17, 15) is 9.90 Å². The van der Waals surface area contributed by atoms with Crippen molar-refractivity contribution in [2.24, 2.45) is 0 Å². The van der Waals surface area contributed by atoms with Crippen molar-refractivity contribution in [2.45, 2.75) is 19.9 Å². The predicted octanol–water partition coefficient (Wildman–Crippen LogP) is 2.45. The molecule has 0 aromatic heterocycles. The van der Waals surface area contributed by atoms with Crippen LogP contribution in [0.5, 0.6) is 5.75 Å². The Labute approximate surface area is 89.6 Å². The smallest absolute Gasteiger partial charge is 0.223 e. The molecule has 0 saturated heterocycles. The molecular formula is C12H15NO2. The van der Waals surface area contributed by atoms with Crippen molar-refractivity contribution < 1.29 is 9.90 Å². The number of nitrogens with zero attached hydrogens (tertiary/aromatic N) is 1. The highest BCUT2D eigenvalue weighted by Gasteiger charge is 2.17. The summed E-state index contributed by atoms with van der Waals surface area (Å²) in [6.45, 7) is 6.90. The Bertz CT molecular complexity index is 374. The van der Waals surface area contributed by atoms with Crippen LogP contribution in [0.3, 0.4) is 0 Å². The number of hydrogen-bond acceptors (Lipinski definition) is 2. The zero-order valence-corrected chi connectivity index (χ0v) is 8.97. The molecule has 0 saturated carbocycles. The van der Waals surface area contributed by atoms with Crippen LogP contribution in [-0.4, -0.2) is 15.9 Å². The molecule has 3 heteroatoms. The first-order chi connectivity index (χ1) is 7.07. The molecule has 15 heavy (non-hydrogen) atoms. The van der Waals surface area contributed by atoms with Crippen LogP contribution < -0.4 is 0 Å². The Morgan fingerprint density at radius 3 is 2.60 bits per heavy atom. The zero-order valence-electron chi connectivity index (χ0n) is 8.97. The Kier molecular flexibility index (Phi) is 3.50. The molecule has 1 N–H and O–H groups in total. The molecule has 0 fully saturated rings. The van der Waals surface area contributed by atoms with E-state index in [1.807, 2.05) is 13.0 Å². The summed E-state index contributed by atoms with van der Waals surface area (Å²) in [7, 11) is 0. The van der Waals surface area contributed by atoms with Crippen molar-refractivity contribution >= 4 is 5.91 Å². The highest BCUT2D eigenvalue weighted by Crippen LogP contribution is 2.27. The van der Waals surface area contributed by atoms with Crippen LogP contribution in [0, 0.1) is 0 Å². The summed E-state index contributed by atoms with van der Waals surface area (Å²) in [5.74, 6) is 0.0962. The first-order valence-corrected chi connectivity index (χ1v) is 4.77. The standard InChI is InChI=1S/C12H15NO2/c1-4-13(10(3)14)9(2)11-7-5-6-8-12(11)15/h4-9,15H,1H2,2-3H3. The molecule has 0 radical (unpaired) electrons. The lowest BCUT2D eigenvalue weighted by atomic mass is 10.1. The van der Waals surface area contributed by atoms with E-state index in [1.165, 1.54) is 18.0 Å². The van der Waals surface area contributed by atoms with Gasteiger partial charge in [0.1, 0.15) is 5.75 Å². The van der Waals surface area contributed by atoms with Gasteiger partial charge in [-0.3, -0.25) is 4.79 Å². The number of hydrogen-bond donors (Lipinski definition) is 1. The van der Waals surface area contributed by atoms with Gasteiger partial charge < -0.3 is 10.0 Å². The molecule has 1 atom stereocenters. The van der Waals surface area contributed by atoms with Crippen LogP contribution in [0.2, 0.25) is 0 Å². The minimum absolute atomic E-state index is 0.0965. The van der Waals surface area contributed by atoms with E-state index in [0.717, 1.165) is 0 Å². The third-order valence-corrected chi connectivity index (χ3v) is 2.36. The Morgan fingerprint density at radius 1 is 1.53 bits per heavy atom. The van der Waals surface area contributed by atoms with Gasteiger partial charge in [0.25, 0.3) is 0 Å². The number of rotatable bonds is 3. The zero-order chi connectivity index (χ0) is 11.4. The Morgan fingerprint density at radius 2 is 2.13 bits per heavy atom. The topological polar surface area (TPSA) is 40.5 Å². The molecule has 80 valence electrons. The fourth-order valence-corrected chi connectivity index (χ4v) is 1.55. The molecular weight excluding hydrogens is 190 g/mol. The Balaban J connectivity index is 3.02. The van der Waals surface area contributed by atoms with Crippen LogP contribution in [0.25, 0.3) is 0 Å². The van der Waals surface area contributed by atoms with Crippen molar-refractivity contribution in [3.63, 3.8) is 0 Å². The Hall–Kier alpha value is -1.77. The van der Waals surface area contributed by atoms with E-state index in [4.69, 9.17) is 0 Å². The molecule has 1 rings (SSSR count). The third-order valence-electron chi connectivity index (χ3n) is 2.36. The molecule has 1 amide bonds. The molecule has 0 heterocycles. The maximum absolute atomic E-state index is 11.3. The first-order valence-electron chi connectivity index (χ1n) is 4.77. The van der Waals surface area contributed by atoms with Gasteiger partial charge in [-0.1, -0.05) is 24.8 Å². The summed E-state index contributed by atoms with van der Waals surface area (Å²) < 4.78 is 0. The minimum atomic E-state index is -0.207. The van der Waals surface area contributed by atoms with E-state index < -0.39 is 0 Å². The van der Waals surface area contributed by atoms with Crippen LogP contribution in [0.1, 0.15) is 25.5 Å². The van der Waals surface area contributed by atoms with Gasteiger partial charge in [0.2, 0.25) is 5.91 Å². The minimum Gasteiger partial charge on any atom is -0.508 e. The van der Waals surface area contributed by atoms with E-state index in [1.54, 1.807) is 18.2 Å². The number of carbonyl (C=O) groups is 1. The van der Waals surface area contributed by atoms with Crippen LogP contribution >= 0.6 is 0 Å². The summed E-state index contributed by atoms with van der Waals surface area (Å²) in [6.07, 6.45) is 1.47. The molecule has 0 aliphatic heterocycles. The molecule has 1 unspecified atom stereocenters. The van der Waals surface area contributed by atoms with Crippen LogP contribution in [0.4, 0.5) is 0 Å². The molecule has 0 spiro atoms. The number of amides is 1. The fourth-order valence-electron chi connectivity index (χ4n) is 1.55. The molecule has 0 aliphatic rings. The predicted molar refractivity (Wildman–Crippen MR) is 59.2 cm³/mol. The van der Waals surface area contributed by atoms with Gasteiger partial charge >= 0.3 is 0 Å². The van der Waals surface area contributed by atoms with Gasteiger partial charge in [-0.2, -0.15) is 0 Å². The lowest BCUT2D eigenvalue weighted by Crippen LogP contribution is -2.25. The maximum atomic E-state index is 11.3. The van der Waals surface area contributed by atoms with Crippen LogP contribution in [-0.2, 0) is 4.79 Å². The lowest BCUT2D eigenvalue weighted by molar-refractivity contribution is -0.127. The monoisotopic (exact) mass is 205 g/mol. The van der Waals surface area contributed by atoms with Gasteiger partial charge in [-0.15, -0.1) is 0 Å². The summed E-state index contributed by atoms with van der Waals surface area (Å²) in [6, 6.07) is 6.76. The quantitative estimate of drug-likeness (QED) is 0.823. The summed E-state index contributed by atoms with van der Waals surface area (Å²) in [5, 5.41) is 9.63. The summed E-state index contributed by atoms with van der Waals surface area (Å²) in [5.41, 5.74) is 0.715. The molecule has 0 bridgehead atoms. The fraction of sp³-hybridized carbons (Fsp3) is 0.250. The molecule has 1 aromatic rings. The molecule has 0 aliphatic carbocycles. The number of phenols is 1. The van der Waals surface area contributed by atoms with Crippen molar-refractivity contribution in [2.75, 3.05) is 0 Å². The van der Waals surface area contributed by atoms with Crippen molar-refractivity contribution in [3.05, 3.63) is 42.6 Å². The van der Waals surface area contributed by atoms with E-state index in [-0.39, 0.29) is 17.7 Å². The van der Waals surface area contributed by atoms with Crippen molar-refractivity contribution in [3.8, 4) is 5.75 Å². The number of phenolic OH excluding ortho intramolecular Hbond substituents is 1. The second kappa shape index (κ2) is 4.64. The average molecular weight is 205 g/mol. The van der Waals surface area contributed by atoms with Gasteiger partial charge in [-0.05, 0) is 13.0 Å². The highest BCUT2D eigenvalue weighted by atomic mass is 16.3. The molecule has 1 aromatic carbocycles. The van der Waals surface area contributed by atoms with Crippen LogP contribution in [0.15, 0.2) is 37.0 Å². The average Bonchev–Trinajstić information content (AvgIpc) is 2.18. The van der Waals surface area contributed by atoms with E-state index in [0.29, 0.717) is 5.56 Å². The third kappa shape index (κ3) is 2.37. The van der Waals surface area contributed by atoms with E-state index in [2.05, 4.69) is 6.58 Å².